The maximum absolute atomic E-state index is 12.8. The van der Waals surface area contributed by atoms with Crippen molar-refractivity contribution in [2.24, 2.45) is 16.7 Å². The van der Waals surface area contributed by atoms with Gasteiger partial charge >= 0.3 is 0 Å². The zero-order valence-corrected chi connectivity index (χ0v) is 19.5. The third kappa shape index (κ3) is 6.68. The molecular formula is C25H38N2O3. The third-order valence-electron chi connectivity index (χ3n) is 5.70. The molecule has 2 rings (SSSR count). The van der Waals surface area contributed by atoms with Crippen LogP contribution in [0.2, 0.25) is 0 Å². The zero-order chi connectivity index (χ0) is 22.5. The van der Waals surface area contributed by atoms with Gasteiger partial charge in [0.1, 0.15) is 0 Å². The van der Waals surface area contributed by atoms with E-state index in [1.54, 1.807) is 24.3 Å². The molecule has 0 aromatic heterocycles. The number of unbranched alkanes of at least 4 members (excludes halogenated alkanes) is 3. The van der Waals surface area contributed by atoms with Crippen LogP contribution in [0.4, 0.5) is 5.69 Å². The second-order valence-electron chi connectivity index (χ2n) is 10.7. The molecule has 1 N–H and O–H groups in total. The van der Waals surface area contributed by atoms with Crippen LogP contribution in [0.5, 0.6) is 0 Å². The topological polar surface area (TPSA) is 66.5 Å². The highest BCUT2D eigenvalue weighted by Crippen LogP contribution is 2.37. The SMILES string of the molecule is CC(C)(C)CCCCCCNC(=O)c1cccc(N2C(=O)CC(C(C)(C)C)C2=O)c1. The first kappa shape index (κ1) is 24.1. The molecule has 0 spiro atoms. The van der Waals surface area contributed by atoms with Crippen molar-refractivity contribution in [1.82, 2.24) is 5.32 Å². The number of nitrogens with zero attached hydrogens (tertiary/aromatic N) is 1. The van der Waals surface area contributed by atoms with Crippen molar-refractivity contribution in [2.75, 3.05) is 11.4 Å². The normalized spacial score (nSPS) is 17.5. The Morgan fingerprint density at radius 2 is 1.70 bits per heavy atom. The van der Waals surface area contributed by atoms with Crippen molar-refractivity contribution in [3.63, 3.8) is 0 Å². The molecule has 3 amide bonds. The fourth-order valence-electron chi connectivity index (χ4n) is 3.80. The number of nitrogens with one attached hydrogen (secondary N) is 1. The van der Waals surface area contributed by atoms with Gasteiger partial charge in [0, 0.05) is 18.5 Å². The lowest BCUT2D eigenvalue weighted by Gasteiger charge is -2.25. The number of hydrogen-bond acceptors (Lipinski definition) is 3. The van der Waals surface area contributed by atoms with Gasteiger partial charge < -0.3 is 5.32 Å². The maximum Gasteiger partial charge on any atom is 0.251 e. The molecule has 30 heavy (non-hydrogen) atoms. The molecule has 166 valence electrons. The summed E-state index contributed by atoms with van der Waals surface area (Å²) in [7, 11) is 0. The van der Waals surface area contributed by atoms with Crippen molar-refractivity contribution >= 4 is 23.4 Å². The van der Waals surface area contributed by atoms with Gasteiger partial charge in [-0.05, 0) is 41.9 Å². The summed E-state index contributed by atoms with van der Waals surface area (Å²) in [6.45, 7) is 13.3. The standard InChI is InChI=1S/C25H38N2O3/c1-24(2,3)14-9-7-8-10-15-26-22(29)18-12-11-13-19(16-18)27-21(28)17-20(23(27)30)25(4,5)6/h11-13,16,20H,7-10,14-15,17H2,1-6H3,(H,26,29). The van der Waals surface area contributed by atoms with E-state index in [4.69, 9.17) is 0 Å². The average molecular weight is 415 g/mol. The van der Waals surface area contributed by atoms with Crippen molar-refractivity contribution < 1.29 is 14.4 Å². The zero-order valence-electron chi connectivity index (χ0n) is 19.5. The molecule has 1 fully saturated rings. The van der Waals surface area contributed by atoms with Crippen molar-refractivity contribution in [3.05, 3.63) is 29.8 Å². The number of carbonyl (C=O) groups is 3. The lowest BCUT2D eigenvalue weighted by atomic mass is 9.80. The molecule has 1 unspecified atom stereocenters. The van der Waals surface area contributed by atoms with Crippen LogP contribution in [-0.4, -0.2) is 24.3 Å². The van der Waals surface area contributed by atoms with Crippen LogP contribution < -0.4 is 10.2 Å². The van der Waals surface area contributed by atoms with Gasteiger partial charge in [-0.25, -0.2) is 0 Å². The van der Waals surface area contributed by atoms with Crippen LogP contribution in [0.15, 0.2) is 24.3 Å². The van der Waals surface area contributed by atoms with Crippen LogP contribution >= 0.6 is 0 Å². The Balaban J connectivity index is 1.89. The van der Waals surface area contributed by atoms with Crippen LogP contribution in [-0.2, 0) is 9.59 Å². The number of amides is 3. The van der Waals surface area contributed by atoms with E-state index in [-0.39, 0.29) is 35.5 Å². The Hall–Kier alpha value is -2.17. The number of hydrogen-bond donors (Lipinski definition) is 1. The van der Waals surface area contributed by atoms with Crippen LogP contribution in [0.3, 0.4) is 0 Å². The fourth-order valence-corrected chi connectivity index (χ4v) is 3.80. The van der Waals surface area contributed by atoms with Crippen molar-refractivity contribution in [3.8, 4) is 0 Å². The molecule has 1 saturated heterocycles. The summed E-state index contributed by atoms with van der Waals surface area (Å²) in [5, 5.41) is 2.95. The summed E-state index contributed by atoms with van der Waals surface area (Å²) in [4.78, 5) is 39.1. The van der Waals surface area contributed by atoms with Crippen LogP contribution in [0.25, 0.3) is 0 Å². The Labute approximate surface area is 181 Å². The highest BCUT2D eigenvalue weighted by Gasteiger charge is 2.45. The highest BCUT2D eigenvalue weighted by atomic mass is 16.2. The number of anilines is 1. The van der Waals surface area contributed by atoms with Gasteiger partial charge in [-0.15, -0.1) is 0 Å². The van der Waals surface area contributed by atoms with E-state index in [1.807, 2.05) is 20.8 Å². The summed E-state index contributed by atoms with van der Waals surface area (Å²) >= 11 is 0. The average Bonchev–Trinajstić information content (AvgIpc) is 2.94. The van der Waals surface area contributed by atoms with E-state index in [0.717, 1.165) is 12.8 Å². The minimum Gasteiger partial charge on any atom is -0.352 e. The molecule has 1 aromatic rings. The largest absolute Gasteiger partial charge is 0.352 e. The molecule has 0 aliphatic carbocycles. The molecular weight excluding hydrogens is 376 g/mol. The molecule has 1 atom stereocenters. The van der Waals surface area contributed by atoms with E-state index in [9.17, 15) is 14.4 Å². The van der Waals surface area contributed by atoms with Gasteiger partial charge in [0.05, 0.1) is 11.6 Å². The lowest BCUT2D eigenvalue weighted by Crippen LogP contribution is -2.34. The van der Waals surface area contributed by atoms with E-state index in [0.29, 0.717) is 23.2 Å². The Kier molecular flexibility index (Phi) is 7.84. The van der Waals surface area contributed by atoms with E-state index in [1.165, 1.54) is 24.2 Å². The highest BCUT2D eigenvalue weighted by molar-refractivity contribution is 6.21. The smallest absolute Gasteiger partial charge is 0.251 e. The molecule has 1 heterocycles. The van der Waals surface area contributed by atoms with Crippen LogP contribution in [0.1, 0.15) is 90.4 Å². The van der Waals surface area contributed by atoms with E-state index in [2.05, 4.69) is 26.1 Å². The van der Waals surface area contributed by atoms with Gasteiger partial charge in [0.2, 0.25) is 11.8 Å². The molecule has 0 bridgehead atoms. The minimum absolute atomic E-state index is 0.169. The van der Waals surface area contributed by atoms with Gasteiger partial charge in [0.15, 0.2) is 0 Å². The summed E-state index contributed by atoms with van der Waals surface area (Å²) in [6.07, 6.45) is 5.88. The van der Waals surface area contributed by atoms with Gasteiger partial charge in [-0.3, -0.25) is 19.3 Å². The Morgan fingerprint density at radius 3 is 2.30 bits per heavy atom. The first-order valence-electron chi connectivity index (χ1n) is 11.2. The fraction of sp³-hybridized carbons (Fsp3) is 0.640. The molecule has 0 saturated carbocycles. The summed E-state index contributed by atoms with van der Waals surface area (Å²) in [5.41, 5.74) is 1.06. The molecule has 0 radical (unpaired) electrons. The molecule has 5 heteroatoms. The Morgan fingerprint density at radius 1 is 1.03 bits per heavy atom. The lowest BCUT2D eigenvalue weighted by molar-refractivity contribution is -0.123. The monoisotopic (exact) mass is 414 g/mol. The molecule has 5 nitrogen and oxygen atoms in total. The second-order valence-corrected chi connectivity index (χ2v) is 10.7. The number of rotatable bonds is 8. The summed E-state index contributed by atoms with van der Waals surface area (Å²) in [5.74, 6) is -0.883. The first-order chi connectivity index (χ1) is 13.9. The second kappa shape index (κ2) is 9.76. The van der Waals surface area contributed by atoms with Gasteiger partial charge in [-0.2, -0.15) is 0 Å². The van der Waals surface area contributed by atoms with Gasteiger partial charge in [-0.1, -0.05) is 66.9 Å². The maximum atomic E-state index is 12.8. The minimum atomic E-state index is -0.333. The van der Waals surface area contributed by atoms with Crippen molar-refractivity contribution in [2.45, 2.75) is 80.1 Å². The molecule has 1 aromatic carbocycles. The summed E-state index contributed by atoms with van der Waals surface area (Å²) < 4.78 is 0. The molecule has 1 aliphatic rings. The van der Waals surface area contributed by atoms with Crippen molar-refractivity contribution in [1.29, 1.82) is 0 Å². The van der Waals surface area contributed by atoms with Gasteiger partial charge in [0.25, 0.3) is 5.91 Å². The number of benzene rings is 1. The van der Waals surface area contributed by atoms with E-state index < -0.39 is 0 Å². The molecule has 1 aliphatic heterocycles. The first-order valence-corrected chi connectivity index (χ1v) is 11.2. The van der Waals surface area contributed by atoms with Crippen LogP contribution in [0, 0.1) is 16.7 Å². The third-order valence-corrected chi connectivity index (χ3v) is 5.70. The quantitative estimate of drug-likeness (QED) is 0.461. The predicted octanol–water partition coefficient (Wildman–Crippen LogP) is 5.34. The summed E-state index contributed by atoms with van der Waals surface area (Å²) in [6, 6.07) is 6.79. The Bertz CT molecular complexity index is 771. The number of imide groups is 1. The van der Waals surface area contributed by atoms with E-state index >= 15 is 0 Å². The number of carbonyl (C=O) groups excluding carboxylic acids is 3. The predicted molar refractivity (Wildman–Crippen MR) is 121 cm³/mol.